The first-order valence-corrected chi connectivity index (χ1v) is 7.54. The summed E-state index contributed by atoms with van der Waals surface area (Å²) in [5.41, 5.74) is 1.22. The first kappa shape index (κ1) is 18.0. The highest BCUT2D eigenvalue weighted by Crippen LogP contribution is 2.30. The van der Waals surface area contributed by atoms with Crippen LogP contribution in [-0.2, 0) is 4.79 Å². The third-order valence-corrected chi connectivity index (χ3v) is 4.45. The lowest BCUT2D eigenvalue weighted by molar-refractivity contribution is -0.139. The maximum atomic E-state index is 12.7. The minimum Gasteiger partial charge on any atom is -0.338 e. The van der Waals surface area contributed by atoms with E-state index in [0.29, 0.717) is 11.8 Å². The van der Waals surface area contributed by atoms with Crippen LogP contribution in [0, 0.1) is 17.8 Å². The smallest absolute Gasteiger partial charge is 0.226 e. The van der Waals surface area contributed by atoms with E-state index in [-0.39, 0.29) is 30.3 Å². The van der Waals surface area contributed by atoms with Gasteiger partial charge in [-0.3, -0.25) is 4.79 Å². The predicted molar refractivity (Wildman–Crippen MR) is 89.6 cm³/mol. The van der Waals surface area contributed by atoms with Crippen molar-refractivity contribution < 1.29 is 4.79 Å². The summed E-state index contributed by atoms with van der Waals surface area (Å²) < 4.78 is 0. The number of nitrogens with one attached hydrogen (secondary N) is 1. The van der Waals surface area contributed by atoms with E-state index in [1.165, 1.54) is 5.56 Å². The van der Waals surface area contributed by atoms with Gasteiger partial charge in [-0.1, -0.05) is 51.1 Å². The van der Waals surface area contributed by atoms with E-state index in [4.69, 9.17) is 0 Å². The Kier molecular flexibility index (Phi) is 6.69. The number of carbonyl (C=O) groups is 1. The van der Waals surface area contributed by atoms with Crippen molar-refractivity contribution in [3.05, 3.63) is 35.9 Å². The second-order valence-corrected chi connectivity index (χ2v) is 6.26. The molecule has 1 aromatic rings. The first-order chi connectivity index (χ1) is 9.52. The molecule has 21 heavy (non-hydrogen) atoms. The summed E-state index contributed by atoms with van der Waals surface area (Å²) in [6.07, 6.45) is 0. The molecule has 0 aromatic heterocycles. The van der Waals surface area contributed by atoms with Crippen LogP contribution >= 0.6 is 12.4 Å². The molecular weight excluding hydrogens is 284 g/mol. The van der Waals surface area contributed by atoms with E-state index < -0.39 is 0 Å². The molecule has 118 valence electrons. The highest BCUT2D eigenvalue weighted by molar-refractivity contribution is 5.85. The number of carbonyl (C=O) groups excluding carboxylic acids is 1. The highest BCUT2D eigenvalue weighted by atomic mass is 35.5. The van der Waals surface area contributed by atoms with Gasteiger partial charge in [-0.15, -0.1) is 12.4 Å². The third kappa shape index (κ3) is 3.98. The molecule has 3 nitrogen and oxygen atoms in total. The fraction of sp³-hybridized carbons (Fsp3) is 0.588. The summed E-state index contributed by atoms with van der Waals surface area (Å²) in [6, 6.07) is 10.5. The highest BCUT2D eigenvalue weighted by Gasteiger charge is 2.33. The zero-order valence-electron chi connectivity index (χ0n) is 13.4. The Bertz CT molecular complexity index is 445. The molecule has 1 heterocycles. The molecule has 1 aliphatic heterocycles. The summed E-state index contributed by atoms with van der Waals surface area (Å²) >= 11 is 0. The monoisotopic (exact) mass is 310 g/mol. The molecule has 1 N–H and O–H groups in total. The van der Waals surface area contributed by atoms with Gasteiger partial charge in [0.05, 0.1) is 6.04 Å². The van der Waals surface area contributed by atoms with Crippen molar-refractivity contribution in [3.8, 4) is 0 Å². The third-order valence-electron chi connectivity index (χ3n) is 4.45. The largest absolute Gasteiger partial charge is 0.338 e. The Morgan fingerprint density at radius 2 is 1.76 bits per heavy atom. The molecule has 0 bridgehead atoms. The Balaban J connectivity index is 0.00000220. The van der Waals surface area contributed by atoms with E-state index in [1.54, 1.807) is 0 Å². The fourth-order valence-corrected chi connectivity index (χ4v) is 3.03. The second-order valence-electron chi connectivity index (χ2n) is 6.26. The van der Waals surface area contributed by atoms with Crippen LogP contribution in [0.2, 0.25) is 0 Å². The van der Waals surface area contributed by atoms with Crippen molar-refractivity contribution in [2.45, 2.75) is 26.8 Å². The van der Waals surface area contributed by atoms with Crippen LogP contribution in [0.25, 0.3) is 0 Å². The average Bonchev–Trinajstić information content (AvgIpc) is 2.36. The minimum absolute atomic E-state index is 0. The Morgan fingerprint density at radius 3 is 2.19 bits per heavy atom. The maximum absolute atomic E-state index is 12.7. The van der Waals surface area contributed by atoms with Crippen molar-refractivity contribution in [2.24, 2.45) is 17.8 Å². The van der Waals surface area contributed by atoms with Crippen molar-refractivity contribution >= 4 is 18.3 Å². The maximum Gasteiger partial charge on any atom is 0.226 e. The van der Waals surface area contributed by atoms with E-state index >= 15 is 0 Å². The lowest BCUT2D eigenvalue weighted by Gasteiger charge is -2.38. The fourth-order valence-electron chi connectivity index (χ4n) is 3.03. The van der Waals surface area contributed by atoms with Crippen LogP contribution in [0.1, 0.15) is 32.4 Å². The Morgan fingerprint density at radius 1 is 1.19 bits per heavy atom. The van der Waals surface area contributed by atoms with Gasteiger partial charge in [0, 0.05) is 13.0 Å². The van der Waals surface area contributed by atoms with Gasteiger partial charge in [0.2, 0.25) is 5.91 Å². The van der Waals surface area contributed by atoms with Gasteiger partial charge in [-0.05, 0) is 30.5 Å². The van der Waals surface area contributed by atoms with E-state index in [0.717, 1.165) is 13.1 Å². The molecule has 0 spiro atoms. The average molecular weight is 311 g/mol. The lowest BCUT2D eigenvalue weighted by Crippen LogP contribution is -2.50. The topological polar surface area (TPSA) is 32.3 Å². The molecule has 2 unspecified atom stereocenters. The van der Waals surface area contributed by atoms with Crippen LogP contribution < -0.4 is 5.32 Å². The molecule has 2 rings (SSSR count). The van der Waals surface area contributed by atoms with E-state index in [9.17, 15) is 4.79 Å². The zero-order chi connectivity index (χ0) is 14.7. The lowest BCUT2D eigenvalue weighted by atomic mass is 9.86. The standard InChI is InChI=1S/C17H26N2O.ClH/c1-12(2)16(14-8-6-5-7-9-14)19(4)17(20)13(3)15-10-18-11-15;/h5-9,12-13,15-16,18H,10-11H2,1-4H3;1H. The van der Waals surface area contributed by atoms with Gasteiger partial charge in [0.15, 0.2) is 0 Å². The van der Waals surface area contributed by atoms with Crippen molar-refractivity contribution in [1.82, 2.24) is 10.2 Å². The van der Waals surface area contributed by atoms with Crippen molar-refractivity contribution in [2.75, 3.05) is 20.1 Å². The minimum atomic E-state index is 0. The van der Waals surface area contributed by atoms with E-state index in [2.05, 4.69) is 38.2 Å². The SMILES string of the molecule is CC(C)C(c1ccccc1)N(C)C(=O)C(C)C1CNC1.Cl. The summed E-state index contributed by atoms with van der Waals surface area (Å²) in [6.45, 7) is 8.36. The van der Waals surface area contributed by atoms with Gasteiger partial charge < -0.3 is 10.2 Å². The molecule has 1 fully saturated rings. The Labute approximate surface area is 134 Å². The quantitative estimate of drug-likeness (QED) is 0.906. The van der Waals surface area contributed by atoms with Gasteiger partial charge in [0.1, 0.15) is 0 Å². The Hall–Kier alpha value is -1.06. The number of halogens is 1. The molecule has 0 aliphatic carbocycles. The van der Waals surface area contributed by atoms with E-state index in [1.807, 2.05) is 30.1 Å². The molecule has 4 heteroatoms. The van der Waals surface area contributed by atoms with Crippen LogP contribution in [0.5, 0.6) is 0 Å². The summed E-state index contributed by atoms with van der Waals surface area (Å²) in [7, 11) is 1.95. The second kappa shape index (κ2) is 7.81. The number of hydrogen-bond donors (Lipinski definition) is 1. The number of benzene rings is 1. The molecule has 2 atom stereocenters. The molecule has 1 saturated heterocycles. The molecule has 0 saturated carbocycles. The van der Waals surface area contributed by atoms with Crippen LogP contribution in [0.15, 0.2) is 30.3 Å². The van der Waals surface area contributed by atoms with Crippen molar-refractivity contribution in [1.29, 1.82) is 0 Å². The summed E-state index contributed by atoms with van der Waals surface area (Å²) in [5, 5.41) is 3.25. The zero-order valence-corrected chi connectivity index (χ0v) is 14.2. The van der Waals surface area contributed by atoms with Gasteiger partial charge in [-0.2, -0.15) is 0 Å². The predicted octanol–water partition coefficient (Wildman–Crippen LogP) is 3.12. The van der Waals surface area contributed by atoms with Crippen LogP contribution in [-0.4, -0.2) is 30.9 Å². The summed E-state index contributed by atoms with van der Waals surface area (Å²) in [5.74, 6) is 1.26. The number of nitrogens with zero attached hydrogens (tertiary/aromatic N) is 1. The molecule has 1 aromatic carbocycles. The number of amides is 1. The normalized spacial score (nSPS) is 17.6. The molecular formula is C17H27ClN2O. The van der Waals surface area contributed by atoms with Gasteiger partial charge in [-0.25, -0.2) is 0 Å². The molecule has 1 amide bonds. The van der Waals surface area contributed by atoms with Gasteiger partial charge >= 0.3 is 0 Å². The molecule has 1 aliphatic rings. The first-order valence-electron chi connectivity index (χ1n) is 7.54. The number of rotatable bonds is 5. The summed E-state index contributed by atoms with van der Waals surface area (Å²) in [4.78, 5) is 14.6. The van der Waals surface area contributed by atoms with Gasteiger partial charge in [0.25, 0.3) is 0 Å². The number of hydrogen-bond acceptors (Lipinski definition) is 2. The molecule has 0 radical (unpaired) electrons. The van der Waals surface area contributed by atoms with Crippen LogP contribution in [0.3, 0.4) is 0 Å². The van der Waals surface area contributed by atoms with Crippen molar-refractivity contribution in [3.63, 3.8) is 0 Å². The van der Waals surface area contributed by atoms with Crippen LogP contribution in [0.4, 0.5) is 0 Å².